The number of benzene rings is 3. The van der Waals surface area contributed by atoms with Gasteiger partial charge in [0, 0.05) is 41.4 Å². The Labute approximate surface area is 420 Å². The number of rotatable bonds is 18. The topological polar surface area (TPSA) is 332 Å². The number of nitrogens with two attached hydrogens (primary N) is 2. The van der Waals surface area contributed by atoms with Gasteiger partial charge >= 0.3 is 0 Å². The minimum absolute atomic E-state index is 0.0184. The highest BCUT2D eigenvalue weighted by molar-refractivity contribution is 8.76. The van der Waals surface area contributed by atoms with Crippen LogP contribution in [-0.2, 0) is 52.8 Å². The predicted octanol–water partition coefficient (Wildman–Crippen LogP) is -0.805. The van der Waals surface area contributed by atoms with Gasteiger partial charge in [0.25, 0.3) is 5.91 Å². The third kappa shape index (κ3) is 17.2. The van der Waals surface area contributed by atoms with E-state index in [0.29, 0.717) is 24.0 Å². The van der Waals surface area contributed by atoms with E-state index in [1.807, 2.05) is 42.5 Å². The highest BCUT2D eigenvalue weighted by Crippen LogP contribution is 2.25. The normalized spacial score (nSPS) is 22.9. The Balaban J connectivity index is 1.56. The maximum Gasteiger partial charge on any atom is 0.250 e. The number of fused-ring (bicyclic) bond motifs is 1. The second-order valence-corrected chi connectivity index (χ2v) is 20.0. The Morgan fingerprint density at radius 1 is 0.732 bits per heavy atom. The van der Waals surface area contributed by atoms with Gasteiger partial charge in [0.2, 0.25) is 29.5 Å². The molecule has 5 rings (SSSR count). The minimum atomic E-state index is -1.82. The minimum Gasteiger partial charge on any atom is -0.395 e. The van der Waals surface area contributed by atoms with Crippen molar-refractivity contribution < 1.29 is 48.9 Å². The summed E-state index contributed by atoms with van der Waals surface area (Å²) in [6.07, 6.45) is -0.266. The molecule has 0 aliphatic carbocycles. The smallest absolute Gasteiger partial charge is 0.250 e. The summed E-state index contributed by atoms with van der Waals surface area (Å²) in [5.41, 5.74) is 15.0. The number of aliphatic hydroxyl groups excluding tert-OH is 3. The van der Waals surface area contributed by atoms with Crippen LogP contribution in [0.5, 0.6) is 0 Å². The molecule has 22 heteroatoms. The van der Waals surface area contributed by atoms with Crippen LogP contribution < -0.4 is 48.7 Å². The SMILES string of the molecule is CC(=O)[C@@H]1NC(=O)[C@H](CCCCN)NC(=O)[C@@H](Cc2c[nH]c3ccccc23)NC(=O)[C@H](Cc2ccccc2)NC(=O)[C@@H](NC(=O)[C@H](N)Cc2ccccc2)CSSC[C@@H](C(O)N[C@H](CO)C(C)O)NC1=O. The van der Waals surface area contributed by atoms with Gasteiger partial charge in [-0.15, -0.1) is 0 Å². The lowest BCUT2D eigenvalue weighted by Crippen LogP contribution is -2.62. The van der Waals surface area contributed by atoms with Crippen molar-refractivity contribution in [3.05, 3.63) is 108 Å². The lowest BCUT2D eigenvalue weighted by Gasteiger charge is -2.31. The van der Waals surface area contributed by atoms with E-state index in [1.54, 1.807) is 48.7 Å². The van der Waals surface area contributed by atoms with E-state index in [1.165, 1.54) is 6.92 Å². The van der Waals surface area contributed by atoms with Gasteiger partial charge in [-0.25, -0.2) is 0 Å². The first-order valence-corrected chi connectivity index (χ1v) is 26.0. The molecule has 2 unspecified atom stereocenters. The summed E-state index contributed by atoms with van der Waals surface area (Å²) in [7, 11) is 2.12. The van der Waals surface area contributed by atoms with E-state index in [2.05, 4.69) is 42.2 Å². The van der Waals surface area contributed by atoms with E-state index in [0.717, 1.165) is 45.0 Å². The number of carbonyl (C=O) groups excluding carboxylic acids is 7. The van der Waals surface area contributed by atoms with Crippen LogP contribution in [0.4, 0.5) is 0 Å². The Bertz CT molecular complexity index is 2400. The molecule has 20 nitrogen and oxygen atoms in total. The van der Waals surface area contributed by atoms with Gasteiger partial charge in [0.1, 0.15) is 30.4 Å². The molecule has 10 atom stereocenters. The first kappa shape index (κ1) is 56.1. The molecule has 0 spiro atoms. The van der Waals surface area contributed by atoms with Crippen molar-refractivity contribution in [3.63, 3.8) is 0 Å². The van der Waals surface area contributed by atoms with Crippen LogP contribution in [0.3, 0.4) is 0 Å². The summed E-state index contributed by atoms with van der Waals surface area (Å²) in [6.45, 7) is 2.12. The second-order valence-electron chi connectivity index (χ2n) is 17.5. The first-order valence-electron chi connectivity index (χ1n) is 23.5. The van der Waals surface area contributed by atoms with Crippen molar-refractivity contribution in [2.75, 3.05) is 24.7 Å². The number of hydrogen-bond donors (Lipinski definition) is 13. The van der Waals surface area contributed by atoms with Crippen LogP contribution in [0.25, 0.3) is 10.9 Å². The zero-order valence-electron chi connectivity index (χ0n) is 39.7. The lowest BCUT2D eigenvalue weighted by molar-refractivity contribution is -0.137. The van der Waals surface area contributed by atoms with E-state index < -0.39 is 108 Å². The molecule has 2 heterocycles. The van der Waals surface area contributed by atoms with Gasteiger partial charge in [-0.3, -0.25) is 38.9 Å². The molecular formula is C49H66N10O10S2. The molecule has 0 radical (unpaired) electrons. The molecule has 1 saturated heterocycles. The molecule has 384 valence electrons. The third-order valence-electron chi connectivity index (χ3n) is 11.9. The molecule has 4 aromatic rings. The number of aromatic amines is 1. The fourth-order valence-corrected chi connectivity index (χ4v) is 10.2. The molecule has 3 aromatic carbocycles. The fourth-order valence-electron chi connectivity index (χ4n) is 7.78. The van der Waals surface area contributed by atoms with Gasteiger partial charge in [-0.05, 0) is 68.8 Å². The highest BCUT2D eigenvalue weighted by atomic mass is 33.1. The molecule has 1 fully saturated rings. The van der Waals surface area contributed by atoms with Crippen LogP contribution in [0, 0.1) is 0 Å². The van der Waals surface area contributed by atoms with Crippen molar-refractivity contribution in [1.82, 2.24) is 42.2 Å². The van der Waals surface area contributed by atoms with Crippen LogP contribution in [0.2, 0.25) is 0 Å². The average Bonchev–Trinajstić information content (AvgIpc) is 3.76. The lowest BCUT2D eigenvalue weighted by atomic mass is 10.0. The number of nitrogens with one attached hydrogen (secondary N) is 8. The number of H-pyrrole nitrogens is 1. The Morgan fingerprint density at radius 3 is 1.97 bits per heavy atom. The third-order valence-corrected chi connectivity index (χ3v) is 14.3. The summed E-state index contributed by atoms with van der Waals surface area (Å²) in [5.74, 6) is -5.95. The molecule has 1 aliphatic rings. The van der Waals surface area contributed by atoms with Crippen molar-refractivity contribution in [2.45, 2.75) is 113 Å². The largest absolute Gasteiger partial charge is 0.395 e. The Morgan fingerprint density at radius 2 is 1.32 bits per heavy atom. The van der Waals surface area contributed by atoms with Gasteiger partial charge in [0.15, 0.2) is 11.8 Å². The monoisotopic (exact) mass is 1020 g/mol. The number of hydrogen-bond acceptors (Lipinski definition) is 15. The maximum absolute atomic E-state index is 14.7. The summed E-state index contributed by atoms with van der Waals surface area (Å²) in [5, 5.41) is 51.2. The number of Topliss-reactive ketones (excluding diaryl/α,β-unsaturated/α-hetero) is 1. The predicted molar refractivity (Wildman–Crippen MR) is 272 cm³/mol. The molecule has 1 aromatic heterocycles. The molecule has 15 N–H and O–H groups in total. The molecule has 71 heavy (non-hydrogen) atoms. The van der Waals surface area contributed by atoms with E-state index in [9.17, 15) is 48.9 Å². The number of aliphatic hydroxyl groups is 3. The van der Waals surface area contributed by atoms with Crippen LogP contribution >= 0.6 is 21.6 Å². The van der Waals surface area contributed by atoms with Crippen molar-refractivity contribution in [1.29, 1.82) is 0 Å². The van der Waals surface area contributed by atoms with Crippen molar-refractivity contribution in [3.8, 4) is 0 Å². The molecule has 1 aliphatic heterocycles. The maximum atomic E-state index is 14.7. The molecular weight excluding hydrogens is 953 g/mol. The van der Waals surface area contributed by atoms with Crippen LogP contribution in [0.15, 0.2) is 91.1 Å². The zero-order chi connectivity index (χ0) is 51.5. The summed E-state index contributed by atoms with van der Waals surface area (Å²) < 4.78 is 0. The summed E-state index contributed by atoms with van der Waals surface area (Å²) >= 11 is 0. The van der Waals surface area contributed by atoms with Gasteiger partial charge < -0.3 is 63.7 Å². The fraction of sp³-hybridized carbons (Fsp3) is 0.449. The standard InChI is InChI=1S/C49H66N10O10S2/c1-28(61)39(25-60)56-48(68)41-27-71-70-26-40(57-43(63)34(51)21-30-13-5-3-6-14-30)47(67)54-37(22-31-15-7-4-8-16-31)45(65)55-38(23-32-24-52-35-18-10-9-17-33(32)35)46(66)53-36(19-11-12-20-50)44(64)59-42(29(2)62)49(69)58-41/h3-10,13-18,24,28,34,36-42,48,52,56,60-61,68H,11-12,19-23,25-27,50-51H2,1-2H3,(H,53,66)(H,54,67)(H,55,65)(H,57,63)(H,58,69)(H,59,64)/t28?,34-,36+,37+,38-,39-,40+,41+,42+,48?/m1/s1. The number of unbranched alkanes of at least 4 members (excludes halogenated alkanes) is 1. The highest BCUT2D eigenvalue weighted by Gasteiger charge is 2.36. The number of carbonyl (C=O) groups is 7. The van der Waals surface area contributed by atoms with E-state index >= 15 is 0 Å². The molecule has 0 saturated carbocycles. The van der Waals surface area contributed by atoms with Gasteiger partial charge in [-0.1, -0.05) is 100 Å². The van der Waals surface area contributed by atoms with Crippen molar-refractivity contribution in [2.24, 2.45) is 11.5 Å². The Hall–Kier alpha value is -5.85. The number of amides is 6. The molecule has 0 bridgehead atoms. The number of aromatic nitrogens is 1. The number of para-hydroxylation sites is 1. The zero-order valence-corrected chi connectivity index (χ0v) is 41.3. The van der Waals surface area contributed by atoms with E-state index in [-0.39, 0.29) is 43.7 Å². The quantitative estimate of drug-likeness (QED) is 0.0251. The second kappa shape index (κ2) is 28.3. The number of ketones is 1. The average molecular weight is 1020 g/mol. The van der Waals surface area contributed by atoms with Gasteiger partial charge in [-0.2, -0.15) is 0 Å². The molecule has 6 amide bonds. The summed E-state index contributed by atoms with van der Waals surface area (Å²) in [4.78, 5) is 102. The van der Waals surface area contributed by atoms with Crippen molar-refractivity contribution >= 4 is 73.7 Å². The van der Waals surface area contributed by atoms with E-state index in [4.69, 9.17) is 11.5 Å². The summed E-state index contributed by atoms with van der Waals surface area (Å²) in [6, 6.07) is 14.7. The van der Waals surface area contributed by atoms with Gasteiger partial charge in [0.05, 0.1) is 30.8 Å². The first-order chi connectivity index (χ1) is 34.1. The Kier molecular flexibility index (Phi) is 22.3. The van der Waals surface area contributed by atoms with Crippen LogP contribution in [0.1, 0.15) is 49.8 Å². The van der Waals surface area contributed by atoms with Crippen LogP contribution in [-0.4, -0.2) is 147 Å².